The molecule has 3 aromatic rings. The molecule has 2 aromatic carbocycles. The number of hydrogen-bond acceptors (Lipinski definition) is 6. The molecule has 3 amide bonds. The number of nitrogens with one attached hydrogen (secondary N) is 3. The largest absolute Gasteiger partial charge is 0.573 e. The number of benzene rings is 2. The lowest BCUT2D eigenvalue weighted by Gasteiger charge is -2.10. The van der Waals surface area contributed by atoms with E-state index in [0.29, 0.717) is 5.56 Å². The molecule has 17 heteroatoms. The van der Waals surface area contributed by atoms with Gasteiger partial charge in [0, 0.05) is 18.4 Å². The van der Waals surface area contributed by atoms with E-state index in [1.807, 2.05) is 22.6 Å². The van der Waals surface area contributed by atoms with E-state index in [1.54, 1.807) is 0 Å². The van der Waals surface area contributed by atoms with Crippen LogP contribution in [0.5, 0.6) is 5.75 Å². The number of ether oxygens (including phenoxy) is 2. The zero-order valence-electron chi connectivity index (χ0n) is 20.6. The number of carbonyl (C=O) groups is 3. The van der Waals surface area contributed by atoms with Gasteiger partial charge in [0.25, 0.3) is 5.91 Å². The molecule has 0 saturated heterocycles. The van der Waals surface area contributed by atoms with Gasteiger partial charge in [0.05, 0.1) is 16.5 Å². The Balaban J connectivity index is 1.73. The van der Waals surface area contributed by atoms with Gasteiger partial charge in [-0.1, -0.05) is 34.7 Å². The van der Waals surface area contributed by atoms with E-state index in [-0.39, 0.29) is 41.5 Å². The highest BCUT2D eigenvalue weighted by molar-refractivity contribution is 14.1. The summed E-state index contributed by atoms with van der Waals surface area (Å²) in [6.07, 6.45) is -8.15. The molecule has 3 N–H and O–H groups in total. The highest BCUT2D eigenvalue weighted by atomic mass is 127. The Morgan fingerprint density at radius 1 is 0.927 bits per heavy atom. The summed E-state index contributed by atoms with van der Waals surface area (Å²) in [6.45, 7) is -0.277. The molecule has 0 aliphatic carbocycles. The van der Waals surface area contributed by atoms with Gasteiger partial charge in [0.1, 0.15) is 12.4 Å². The lowest BCUT2D eigenvalue weighted by molar-refractivity contribution is -0.274. The van der Waals surface area contributed by atoms with Gasteiger partial charge in [-0.25, -0.2) is 9.78 Å². The van der Waals surface area contributed by atoms with Gasteiger partial charge < -0.3 is 24.7 Å². The average Bonchev–Trinajstić information content (AvgIpc) is 3.28. The van der Waals surface area contributed by atoms with Crippen molar-refractivity contribution in [2.75, 3.05) is 28.2 Å². The first kappa shape index (κ1) is 31.5. The van der Waals surface area contributed by atoms with Gasteiger partial charge in [0.15, 0.2) is 5.82 Å². The molecule has 1 heterocycles. The Labute approximate surface area is 241 Å². The minimum atomic E-state index is -4.88. The predicted octanol–water partition coefficient (Wildman–Crippen LogP) is 5.20. The molecule has 0 aliphatic heterocycles. The maximum absolute atomic E-state index is 12.9. The Bertz CT molecular complexity index is 1360. The van der Waals surface area contributed by atoms with Crippen LogP contribution in [-0.2, 0) is 22.3 Å². The van der Waals surface area contributed by atoms with Crippen LogP contribution in [0.2, 0.25) is 0 Å². The normalized spacial score (nSPS) is 11.5. The molecule has 0 atom stereocenters. The highest BCUT2D eigenvalue weighted by Gasteiger charge is 2.31. The minimum absolute atomic E-state index is 0.0638. The molecule has 0 radical (unpaired) electrons. The fraction of sp³-hybridized carbons (Fsp3) is 0.250. The van der Waals surface area contributed by atoms with E-state index in [2.05, 4.69) is 25.7 Å². The zero-order valence-corrected chi connectivity index (χ0v) is 22.8. The van der Waals surface area contributed by atoms with Crippen LogP contribution in [0.25, 0.3) is 0 Å². The number of rotatable bonds is 10. The second-order valence-electron chi connectivity index (χ2n) is 8.03. The topological polar surface area (TPSA) is 124 Å². The van der Waals surface area contributed by atoms with Gasteiger partial charge in [-0.15, -0.1) is 13.2 Å². The summed E-state index contributed by atoms with van der Waals surface area (Å²) in [5, 5.41) is 7.24. The number of alkyl halides is 7. The van der Waals surface area contributed by atoms with E-state index < -0.39 is 41.8 Å². The number of imidazole rings is 1. The number of halogens is 7. The number of urea groups is 1. The van der Waals surface area contributed by atoms with E-state index in [1.165, 1.54) is 22.9 Å². The monoisotopic (exact) mass is 699 g/mol. The first-order chi connectivity index (χ1) is 19.2. The van der Waals surface area contributed by atoms with Gasteiger partial charge >= 0.3 is 24.5 Å². The van der Waals surface area contributed by atoms with Crippen LogP contribution in [0.3, 0.4) is 0 Å². The highest BCUT2D eigenvalue weighted by Crippen LogP contribution is 2.29. The number of amides is 3. The molecule has 0 spiro atoms. The van der Waals surface area contributed by atoms with Gasteiger partial charge in [-0.05, 0) is 42.0 Å². The standard InChI is InChI=1S/C24H20F6IN5O5/c25-23(26,27)15-3-1-14(2-4-15)12-36-13-18(34-20(36)21(38)32-9-10-40-19(37)11-31)35-22(39)33-16-5-7-17(8-6-16)41-24(28,29)30/h1-8,13H,9-12H2,(H,32,38)(H2,33,35,39). The molecule has 0 aliphatic rings. The molecule has 1 aromatic heterocycles. The smallest absolute Gasteiger partial charge is 0.463 e. The van der Waals surface area contributed by atoms with E-state index in [4.69, 9.17) is 4.74 Å². The van der Waals surface area contributed by atoms with Crippen molar-refractivity contribution in [1.82, 2.24) is 14.9 Å². The number of aromatic nitrogens is 2. The van der Waals surface area contributed by atoms with Crippen LogP contribution in [0.4, 0.5) is 42.6 Å². The van der Waals surface area contributed by atoms with Crippen LogP contribution in [0.15, 0.2) is 54.7 Å². The Morgan fingerprint density at radius 2 is 1.59 bits per heavy atom. The number of carbonyl (C=O) groups excluding carboxylic acids is 3. The second kappa shape index (κ2) is 13.6. The first-order valence-corrected chi connectivity index (χ1v) is 12.9. The number of nitrogens with zero attached hydrogens (tertiary/aromatic N) is 2. The number of hydrogen-bond donors (Lipinski definition) is 3. The molecule has 0 bridgehead atoms. The summed E-state index contributed by atoms with van der Waals surface area (Å²) < 4.78 is 85.7. The van der Waals surface area contributed by atoms with Gasteiger partial charge in [0.2, 0.25) is 5.82 Å². The third-order valence-corrected chi connectivity index (χ3v) is 5.58. The van der Waals surface area contributed by atoms with Crippen molar-refractivity contribution in [3.8, 4) is 5.75 Å². The van der Waals surface area contributed by atoms with Crippen LogP contribution in [0.1, 0.15) is 21.7 Å². The third kappa shape index (κ3) is 10.1. The van der Waals surface area contributed by atoms with Crippen molar-refractivity contribution in [3.05, 3.63) is 71.7 Å². The predicted molar refractivity (Wildman–Crippen MR) is 141 cm³/mol. The molecule has 0 fully saturated rings. The second-order valence-corrected chi connectivity index (χ2v) is 8.80. The Morgan fingerprint density at radius 3 is 2.17 bits per heavy atom. The van der Waals surface area contributed by atoms with Crippen LogP contribution < -0.4 is 20.7 Å². The van der Waals surface area contributed by atoms with Gasteiger partial charge in [-0.3, -0.25) is 14.9 Å². The molecular formula is C24H20F6IN5O5. The molecule has 3 rings (SSSR count). The summed E-state index contributed by atoms with van der Waals surface area (Å²) in [5.74, 6) is -2.04. The fourth-order valence-electron chi connectivity index (χ4n) is 3.24. The van der Waals surface area contributed by atoms with Crippen molar-refractivity contribution in [3.63, 3.8) is 0 Å². The quantitative estimate of drug-likeness (QED) is 0.0880. The van der Waals surface area contributed by atoms with Crippen molar-refractivity contribution in [2.24, 2.45) is 0 Å². The summed E-state index contributed by atoms with van der Waals surface area (Å²) >= 11 is 1.81. The Kier molecular flexibility index (Phi) is 10.4. The lowest BCUT2D eigenvalue weighted by atomic mass is 10.1. The molecule has 41 heavy (non-hydrogen) atoms. The van der Waals surface area contributed by atoms with E-state index in [9.17, 15) is 40.7 Å². The van der Waals surface area contributed by atoms with Crippen molar-refractivity contribution in [2.45, 2.75) is 19.1 Å². The number of anilines is 2. The van der Waals surface area contributed by atoms with Gasteiger partial charge in [-0.2, -0.15) is 13.2 Å². The van der Waals surface area contributed by atoms with Crippen molar-refractivity contribution < 1.29 is 50.2 Å². The summed E-state index contributed by atoms with van der Waals surface area (Å²) in [4.78, 5) is 40.5. The van der Waals surface area contributed by atoms with E-state index >= 15 is 0 Å². The van der Waals surface area contributed by atoms with Crippen LogP contribution in [-0.4, -0.2) is 51.4 Å². The number of esters is 1. The van der Waals surface area contributed by atoms with Crippen molar-refractivity contribution in [1.29, 1.82) is 0 Å². The Hall–Kier alpha value is -4.03. The third-order valence-electron chi connectivity index (χ3n) is 4.96. The maximum Gasteiger partial charge on any atom is 0.573 e. The SMILES string of the molecule is O=C(Nc1ccc(OC(F)(F)F)cc1)Nc1cn(Cc2ccc(C(F)(F)F)cc2)c(C(=O)NCCOC(=O)CI)n1. The summed E-state index contributed by atoms with van der Waals surface area (Å²) in [7, 11) is 0. The zero-order chi connectivity index (χ0) is 30.2. The molecule has 220 valence electrons. The van der Waals surface area contributed by atoms with Crippen LogP contribution >= 0.6 is 22.6 Å². The van der Waals surface area contributed by atoms with E-state index in [0.717, 1.165) is 36.4 Å². The summed E-state index contributed by atoms with van der Waals surface area (Å²) in [6, 6.07) is 7.65. The minimum Gasteiger partial charge on any atom is -0.463 e. The fourth-order valence-corrected chi connectivity index (χ4v) is 3.46. The van der Waals surface area contributed by atoms with Crippen LogP contribution in [0, 0.1) is 0 Å². The molecule has 10 nitrogen and oxygen atoms in total. The molecule has 0 unspecified atom stereocenters. The lowest BCUT2D eigenvalue weighted by Crippen LogP contribution is -2.30. The first-order valence-electron chi connectivity index (χ1n) is 11.4. The molecular weight excluding hydrogens is 679 g/mol. The maximum atomic E-state index is 12.9. The average molecular weight is 699 g/mol. The molecule has 0 saturated carbocycles. The van der Waals surface area contributed by atoms with Crippen molar-refractivity contribution >= 4 is 52.0 Å². The summed E-state index contributed by atoms with van der Waals surface area (Å²) in [5.41, 5.74) is -0.360.